The Morgan fingerprint density at radius 3 is 2.33 bits per heavy atom. The monoisotopic (exact) mass is 373 g/mol. The molecular formula is C20H27N3O4. The Morgan fingerprint density at radius 1 is 1.11 bits per heavy atom. The second-order valence-electron chi connectivity index (χ2n) is 7.65. The topological polar surface area (TPSA) is 101 Å². The number of hydrogen-bond acceptors (Lipinski definition) is 4. The summed E-state index contributed by atoms with van der Waals surface area (Å²) in [5, 5.41) is 12.4. The molecule has 146 valence electrons. The van der Waals surface area contributed by atoms with Crippen molar-refractivity contribution in [2.45, 2.75) is 52.6 Å². The minimum Gasteiger partial charge on any atom is -0.480 e. The van der Waals surface area contributed by atoms with Crippen LogP contribution in [-0.4, -0.2) is 32.6 Å². The van der Waals surface area contributed by atoms with Crippen LogP contribution in [0.15, 0.2) is 35.4 Å². The average Bonchev–Trinajstić information content (AvgIpc) is 2.59. The van der Waals surface area contributed by atoms with Crippen molar-refractivity contribution in [1.82, 2.24) is 14.9 Å². The van der Waals surface area contributed by atoms with Gasteiger partial charge in [0, 0.05) is 0 Å². The van der Waals surface area contributed by atoms with E-state index in [0.29, 0.717) is 23.7 Å². The Morgan fingerprint density at radius 2 is 1.74 bits per heavy atom. The SMILES string of the molecule is CC(C)C[C@H](NC(=O)[C@H](CC(C)C)n1cnc2ccccc2c1=O)C(=O)O. The first-order valence-electron chi connectivity index (χ1n) is 9.19. The molecule has 0 bridgehead atoms. The number of rotatable bonds is 8. The van der Waals surface area contributed by atoms with E-state index in [9.17, 15) is 19.5 Å². The molecule has 2 N–H and O–H groups in total. The molecule has 1 heterocycles. The van der Waals surface area contributed by atoms with Gasteiger partial charge in [-0.2, -0.15) is 0 Å². The van der Waals surface area contributed by atoms with Crippen molar-refractivity contribution in [2.24, 2.45) is 11.8 Å². The number of nitrogens with one attached hydrogen (secondary N) is 1. The first-order chi connectivity index (χ1) is 12.7. The van der Waals surface area contributed by atoms with Crippen LogP contribution in [0.1, 0.15) is 46.6 Å². The van der Waals surface area contributed by atoms with Gasteiger partial charge in [0.1, 0.15) is 12.1 Å². The number of aliphatic carboxylic acids is 1. The van der Waals surface area contributed by atoms with E-state index in [2.05, 4.69) is 10.3 Å². The van der Waals surface area contributed by atoms with Crippen LogP contribution in [0, 0.1) is 11.8 Å². The maximum atomic E-state index is 12.9. The summed E-state index contributed by atoms with van der Waals surface area (Å²) in [6, 6.07) is 5.14. The number of carboxylic acids is 1. The summed E-state index contributed by atoms with van der Waals surface area (Å²) in [6.07, 6.45) is 2.09. The van der Waals surface area contributed by atoms with Crippen LogP contribution < -0.4 is 10.9 Å². The predicted octanol–water partition coefficient (Wildman–Crippen LogP) is 2.60. The summed E-state index contributed by atoms with van der Waals surface area (Å²) in [6.45, 7) is 7.68. The third-order valence-electron chi connectivity index (χ3n) is 4.34. The van der Waals surface area contributed by atoms with Crippen LogP contribution in [0.4, 0.5) is 0 Å². The molecule has 0 saturated carbocycles. The number of hydrogen-bond donors (Lipinski definition) is 2. The molecule has 0 saturated heterocycles. The highest BCUT2D eigenvalue weighted by Crippen LogP contribution is 2.18. The molecule has 0 radical (unpaired) electrons. The summed E-state index contributed by atoms with van der Waals surface area (Å²) in [7, 11) is 0. The Labute approximate surface area is 158 Å². The largest absolute Gasteiger partial charge is 0.480 e. The van der Waals surface area contributed by atoms with Crippen molar-refractivity contribution in [2.75, 3.05) is 0 Å². The molecule has 1 amide bonds. The average molecular weight is 373 g/mol. The molecule has 7 heteroatoms. The molecule has 2 atom stereocenters. The van der Waals surface area contributed by atoms with Gasteiger partial charge < -0.3 is 10.4 Å². The zero-order chi connectivity index (χ0) is 20.1. The Kier molecular flexibility index (Phi) is 6.71. The highest BCUT2D eigenvalue weighted by molar-refractivity contribution is 5.86. The fraction of sp³-hybridized carbons (Fsp3) is 0.500. The minimum absolute atomic E-state index is 0.111. The fourth-order valence-corrected chi connectivity index (χ4v) is 3.06. The lowest BCUT2D eigenvalue weighted by Gasteiger charge is -2.24. The maximum absolute atomic E-state index is 12.9. The molecule has 0 aliphatic carbocycles. The number of nitrogens with zero attached hydrogens (tertiary/aromatic N) is 2. The van der Waals surface area contributed by atoms with Crippen LogP contribution in [0.3, 0.4) is 0 Å². The van der Waals surface area contributed by atoms with Crippen LogP contribution >= 0.6 is 0 Å². The van der Waals surface area contributed by atoms with Gasteiger partial charge in [0.2, 0.25) is 5.91 Å². The van der Waals surface area contributed by atoms with Gasteiger partial charge in [0.25, 0.3) is 5.56 Å². The number of aromatic nitrogens is 2. The van der Waals surface area contributed by atoms with Crippen LogP contribution in [0.5, 0.6) is 0 Å². The van der Waals surface area contributed by atoms with Gasteiger partial charge in [0.15, 0.2) is 0 Å². The van der Waals surface area contributed by atoms with Crippen molar-refractivity contribution in [3.8, 4) is 0 Å². The van der Waals surface area contributed by atoms with Crippen molar-refractivity contribution in [3.63, 3.8) is 0 Å². The van der Waals surface area contributed by atoms with Gasteiger partial charge in [-0.25, -0.2) is 9.78 Å². The molecule has 1 aromatic heterocycles. The molecule has 2 aromatic rings. The Balaban J connectivity index is 2.40. The predicted molar refractivity (Wildman–Crippen MR) is 104 cm³/mol. The molecule has 7 nitrogen and oxygen atoms in total. The van der Waals surface area contributed by atoms with Crippen LogP contribution in [-0.2, 0) is 9.59 Å². The van der Waals surface area contributed by atoms with E-state index in [0.717, 1.165) is 0 Å². The van der Waals surface area contributed by atoms with Gasteiger partial charge in [0.05, 0.1) is 17.2 Å². The van der Waals surface area contributed by atoms with Crippen LogP contribution in [0.25, 0.3) is 10.9 Å². The lowest BCUT2D eigenvalue weighted by molar-refractivity contribution is -0.142. The van der Waals surface area contributed by atoms with Gasteiger partial charge >= 0.3 is 5.97 Å². The maximum Gasteiger partial charge on any atom is 0.326 e. The van der Waals surface area contributed by atoms with Gasteiger partial charge in [-0.1, -0.05) is 39.8 Å². The van der Waals surface area contributed by atoms with Crippen molar-refractivity contribution in [3.05, 3.63) is 40.9 Å². The zero-order valence-corrected chi connectivity index (χ0v) is 16.2. The van der Waals surface area contributed by atoms with Gasteiger partial charge in [-0.3, -0.25) is 14.2 Å². The van der Waals surface area contributed by atoms with E-state index in [1.54, 1.807) is 24.3 Å². The fourth-order valence-electron chi connectivity index (χ4n) is 3.06. The zero-order valence-electron chi connectivity index (χ0n) is 16.2. The van der Waals surface area contributed by atoms with Crippen molar-refractivity contribution in [1.29, 1.82) is 0 Å². The summed E-state index contributed by atoms with van der Waals surface area (Å²) < 4.78 is 1.31. The molecule has 0 aliphatic rings. The second kappa shape index (κ2) is 8.79. The summed E-state index contributed by atoms with van der Waals surface area (Å²) in [5.74, 6) is -1.31. The second-order valence-corrected chi connectivity index (χ2v) is 7.65. The molecular weight excluding hydrogens is 346 g/mol. The number of carbonyl (C=O) groups excluding carboxylic acids is 1. The number of para-hydroxylation sites is 1. The first kappa shape index (κ1) is 20.6. The van der Waals surface area contributed by atoms with E-state index in [4.69, 9.17) is 0 Å². The lowest BCUT2D eigenvalue weighted by atomic mass is 10.0. The minimum atomic E-state index is -1.08. The number of carbonyl (C=O) groups is 2. The van der Waals surface area contributed by atoms with E-state index in [1.807, 2.05) is 27.7 Å². The van der Waals surface area contributed by atoms with Crippen molar-refractivity contribution < 1.29 is 14.7 Å². The highest BCUT2D eigenvalue weighted by Gasteiger charge is 2.28. The normalized spacial score (nSPS) is 13.7. The molecule has 0 fully saturated rings. The van der Waals surface area contributed by atoms with E-state index in [1.165, 1.54) is 10.9 Å². The third-order valence-corrected chi connectivity index (χ3v) is 4.34. The van der Waals surface area contributed by atoms with E-state index < -0.39 is 24.0 Å². The number of benzene rings is 1. The number of amides is 1. The van der Waals surface area contributed by atoms with E-state index in [-0.39, 0.29) is 17.4 Å². The first-order valence-corrected chi connectivity index (χ1v) is 9.19. The van der Waals surface area contributed by atoms with Crippen molar-refractivity contribution >= 4 is 22.8 Å². The Hall–Kier alpha value is -2.70. The Bertz CT molecular complexity index is 873. The third kappa shape index (κ3) is 5.15. The number of carboxylic acid groups (broad SMARTS) is 1. The molecule has 0 unspecified atom stereocenters. The van der Waals surface area contributed by atoms with Crippen LogP contribution in [0.2, 0.25) is 0 Å². The molecule has 0 aliphatic heterocycles. The highest BCUT2D eigenvalue weighted by atomic mass is 16.4. The molecule has 27 heavy (non-hydrogen) atoms. The molecule has 2 rings (SSSR count). The summed E-state index contributed by atoms with van der Waals surface area (Å²) >= 11 is 0. The standard InChI is InChI=1S/C20H27N3O4/c1-12(2)9-16(20(26)27)22-18(24)17(10-13(3)4)23-11-21-15-8-6-5-7-14(15)19(23)25/h5-8,11-13,16-17H,9-10H2,1-4H3,(H,22,24)(H,26,27)/t16-,17-/m0/s1. The summed E-state index contributed by atoms with van der Waals surface area (Å²) in [4.78, 5) is 41.6. The molecule has 0 spiro atoms. The van der Waals surface area contributed by atoms with Gasteiger partial charge in [-0.15, -0.1) is 0 Å². The smallest absolute Gasteiger partial charge is 0.326 e. The van der Waals surface area contributed by atoms with Gasteiger partial charge in [-0.05, 0) is 36.8 Å². The number of fused-ring (bicyclic) bond motifs is 1. The lowest BCUT2D eigenvalue weighted by Crippen LogP contribution is -2.46. The molecule has 1 aromatic carbocycles. The summed E-state index contributed by atoms with van der Waals surface area (Å²) in [5.41, 5.74) is 0.253. The van der Waals surface area contributed by atoms with E-state index >= 15 is 0 Å². The quantitative estimate of drug-likeness (QED) is 0.741.